The lowest BCUT2D eigenvalue weighted by Gasteiger charge is -2.18. The van der Waals surface area contributed by atoms with E-state index in [0.717, 1.165) is 6.42 Å². The number of nitrogens with zero attached hydrogens (tertiary/aromatic N) is 1. The van der Waals surface area contributed by atoms with Gasteiger partial charge in [0.25, 0.3) is 15.0 Å². The molecule has 7 heteroatoms. The van der Waals surface area contributed by atoms with Gasteiger partial charge in [0.15, 0.2) is 0 Å². The van der Waals surface area contributed by atoms with E-state index in [9.17, 15) is 13.2 Å². The maximum absolute atomic E-state index is 12.5. The molecule has 0 bridgehead atoms. The van der Waals surface area contributed by atoms with Crippen LogP contribution in [0.5, 0.6) is 5.75 Å². The highest BCUT2D eigenvalue weighted by atomic mass is 35.7. The van der Waals surface area contributed by atoms with Gasteiger partial charge in [0.05, 0.1) is 17.6 Å². The summed E-state index contributed by atoms with van der Waals surface area (Å²) in [7, 11) is 2.89. The summed E-state index contributed by atoms with van der Waals surface area (Å²) < 4.78 is 27.9. The minimum absolute atomic E-state index is 0.101. The normalized spacial score (nSPS) is 19.1. The molecule has 1 amide bonds. The number of halogens is 1. The van der Waals surface area contributed by atoms with E-state index in [1.165, 1.54) is 25.3 Å². The second-order valence-corrected chi connectivity index (χ2v) is 7.51. The fourth-order valence-corrected chi connectivity index (χ4v) is 3.07. The first kappa shape index (κ1) is 15.1. The number of hydrogen-bond acceptors (Lipinski definition) is 4. The van der Waals surface area contributed by atoms with Gasteiger partial charge in [0.2, 0.25) is 0 Å². The predicted molar refractivity (Wildman–Crippen MR) is 75.7 cm³/mol. The zero-order valence-electron chi connectivity index (χ0n) is 11.3. The van der Waals surface area contributed by atoms with Gasteiger partial charge in [-0.25, -0.2) is 8.42 Å². The lowest BCUT2D eigenvalue weighted by atomic mass is 10.1. The molecule has 20 heavy (non-hydrogen) atoms. The van der Waals surface area contributed by atoms with Gasteiger partial charge in [-0.05, 0) is 30.5 Å². The van der Waals surface area contributed by atoms with E-state index in [1.54, 1.807) is 4.90 Å². The van der Waals surface area contributed by atoms with Gasteiger partial charge in [-0.15, -0.1) is 0 Å². The second-order valence-electron chi connectivity index (χ2n) is 4.94. The van der Waals surface area contributed by atoms with Crippen LogP contribution in [0.15, 0.2) is 23.1 Å². The van der Waals surface area contributed by atoms with Crippen molar-refractivity contribution in [3.05, 3.63) is 23.8 Å². The van der Waals surface area contributed by atoms with Gasteiger partial charge in [-0.2, -0.15) is 0 Å². The van der Waals surface area contributed by atoms with Crippen LogP contribution in [0.1, 0.15) is 23.7 Å². The van der Waals surface area contributed by atoms with Gasteiger partial charge in [0.1, 0.15) is 5.75 Å². The van der Waals surface area contributed by atoms with Crippen LogP contribution in [-0.4, -0.2) is 39.4 Å². The van der Waals surface area contributed by atoms with Crippen molar-refractivity contribution >= 4 is 25.6 Å². The number of carbonyl (C=O) groups is 1. The molecule has 1 aromatic carbocycles. The van der Waals surface area contributed by atoms with Gasteiger partial charge in [-0.1, -0.05) is 6.92 Å². The Balaban J connectivity index is 2.40. The van der Waals surface area contributed by atoms with Crippen LogP contribution >= 0.6 is 10.7 Å². The number of carbonyl (C=O) groups excluding carboxylic acids is 1. The van der Waals surface area contributed by atoms with Crippen molar-refractivity contribution in [3.8, 4) is 5.75 Å². The van der Waals surface area contributed by atoms with E-state index >= 15 is 0 Å². The highest BCUT2D eigenvalue weighted by Gasteiger charge is 2.27. The second kappa shape index (κ2) is 5.61. The molecule has 0 N–H and O–H groups in total. The molecule has 1 unspecified atom stereocenters. The monoisotopic (exact) mass is 317 g/mol. The van der Waals surface area contributed by atoms with Crippen LogP contribution in [0, 0.1) is 5.92 Å². The van der Waals surface area contributed by atoms with E-state index < -0.39 is 9.05 Å². The highest BCUT2D eigenvalue weighted by Crippen LogP contribution is 2.27. The molecule has 2 rings (SSSR count). The lowest BCUT2D eigenvalue weighted by molar-refractivity contribution is 0.0784. The Kier molecular flexibility index (Phi) is 4.25. The highest BCUT2D eigenvalue weighted by molar-refractivity contribution is 8.13. The molecular weight excluding hydrogens is 302 g/mol. The summed E-state index contributed by atoms with van der Waals surface area (Å²) in [6, 6.07) is 4.04. The first-order chi connectivity index (χ1) is 9.32. The van der Waals surface area contributed by atoms with E-state index in [1.807, 2.05) is 0 Å². The van der Waals surface area contributed by atoms with E-state index in [4.69, 9.17) is 15.4 Å². The van der Waals surface area contributed by atoms with Crippen molar-refractivity contribution < 1.29 is 17.9 Å². The van der Waals surface area contributed by atoms with Crippen molar-refractivity contribution in [2.75, 3.05) is 20.2 Å². The lowest BCUT2D eigenvalue weighted by Crippen LogP contribution is -2.29. The SMILES string of the molecule is COc1ccc(S(=O)(=O)Cl)cc1C(=O)N1CCC(C)C1. The third-order valence-electron chi connectivity index (χ3n) is 3.39. The summed E-state index contributed by atoms with van der Waals surface area (Å²) >= 11 is 0. The zero-order chi connectivity index (χ0) is 14.9. The van der Waals surface area contributed by atoms with E-state index in [-0.39, 0.29) is 16.4 Å². The Morgan fingerprint density at radius 2 is 2.15 bits per heavy atom. The predicted octanol–water partition coefficient (Wildman–Crippen LogP) is 2.10. The zero-order valence-corrected chi connectivity index (χ0v) is 12.9. The summed E-state index contributed by atoms with van der Waals surface area (Å²) in [6.07, 6.45) is 0.946. The average Bonchev–Trinajstić information content (AvgIpc) is 2.82. The van der Waals surface area contributed by atoms with Crippen LogP contribution < -0.4 is 4.74 Å². The smallest absolute Gasteiger partial charge is 0.261 e. The van der Waals surface area contributed by atoms with E-state index in [2.05, 4.69) is 6.92 Å². The maximum atomic E-state index is 12.5. The van der Waals surface area contributed by atoms with Crippen LogP contribution in [0.2, 0.25) is 0 Å². The molecule has 1 heterocycles. The Morgan fingerprint density at radius 3 is 2.65 bits per heavy atom. The maximum Gasteiger partial charge on any atom is 0.261 e. The number of amides is 1. The summed E-state index contributed by atoms with van der Waals surface area (Å²) in [4.78, 5) is 14.1. The summed E-state index contributed by atoms with van der Waals surface area (Å²) in [5.74, 6) is 0.567. The first-order valence-corrected chi connectivity index (χ1v) is 8.56. The number of methoxy groups -OCH3 is 1. The fraction of sp³-hybridized carbons (Fsp3) is 0.462. The van der Waals surface area contributed by atoms with Gasteiger partial charge in [0, 0.05) is 23.8 Å². The molecule has 0 aliphatic carbocycles. The molecule has 0 saturated carbocycles. The molecule has 1 saturated heterocycles. The minimum Gasteiger partial charge on any atom is -0.496 e. The third-order valence-corrected chi connectivity index (χ3v) is 4.75. The molecule has 1 aliphatic rings. The number of likely N-dealkylation sites (tertiary alicyclic amines) is 1. The van der Waals surface area contributed by atoms with Crippen molar-refractivity contribution in [3.63, 3.8) is 0 Å². The summed E-state index contributed by atoms with van der Waals surface area (Å²) in [6.45, 7) is 3.41. The van der Waals surface area contributed by atoms with Gasteiger partial charge >= 0.3 is 0 Å². The summed E-state index contributed by atoms with van der Waals surface area (Å²) in [5, 5.41) is 0. The number of ether oxygens (including phenoxy) is 1. The van der Waals surface area contributed by atoms with Crippen LogP contribution in [0.25, 0.3) is 0 Å². The standard InChI is InChI=1S/C13H16ClNO4S/c1-9-5-6-15(8-9)13(16)11-7-10(20(14,17)18)3-4-12(11)19-2/h3-4,7,9H,5-6,8H2,1-2H3. The topological polar surface area (TPSA) is 63.7 Å². The quantitative estimate of drug-likeness (QED) is 0.801. The third kappa shape index (κ3) is 3.07. The molecule has 0 radical (unpaired) electrons. The Bertz CT molecular complexity index is 629. The van der Waals surface area contributed by atoms with Crippen molar-refractivity contribution in [2.45, 2.75) is 18.2 Å². The van der Waals surface area contributed by atoms with Crippen molar-refractivity contribution in [1.29, 1.82) is 0 Å². The Hall–Kier alpha value is -1.27. The molecular formula is C13H16ClNO4S. The molecule has 1 aliphatic heterocycles. The number of hydrogen-bond donors (Lipinski definition) is 0. The molecule has 110 valence electrons. The fourth-order valence-electron chi connectivity index (χ4n) is 2.30. The van der Waals surface area contributed by atoms with Crippen LogP contribution in [0.4, 0.5) is 0 Å². The first-order valence-electron chi connectivity index (χ1n) is 6.25. The average molecular weight is 318 g/mol. The molecule has 0 spiro atoms. The van der Waals surface area contributed by atoms with Crippen LogP contribution in [0.3, 0.4) is 0 Å². The minimum atomic E-state index is -3.87. The molecule has 1 atom stereocenters. The Morgan fingerprint density at radius 1 is 1.45 bits per heavy atom. The Labute approximate surface area is 122 Å². The molecule has 1 fully saturated rings. The summed E-state index contributed by atoms with van der Waals surface area (Å²) in [5.41, 5.74) is 0.225. The number of rotatable bonds is 3. The number of benzene rings is 1. The molecule has 0 aromatic heterocycles. The van der Waals surface area contributed by atoms with Gasteiger partial charge < -0.3 is 9.64 Å². The van der Waals surface area contributed by atoms with Crippen molar-refractivity contribution in [2.24, 2.45) is 5.92 Å². The molecule has 5 nitrogen and oxygen atoms in total. The van der Waals surface area contributed by atoms with Gasteiger partial charge in [-0.3, -0.25) is 4.79 Å². The van der Waals surface area contributed by atoms with Crippen molar-refractivity contribution in [1.82, 2.24) is 4.90 Å². The van der Waals surface area contributed by atoms with E-state index in [0.29, 0.717) is 24.8 Å². The molecule has 1 aromatic rings. The largest absolute Gasteiger partial charge is 0.496 e. The van der Waals surface area contributed by atoms with Crippen LogP contribution in [-0.2, 0) is 9.05 Å².